The highest BCUT2D eigenvalue weighted by Gasteiger charge is 2.18. The van der Waals surface area contributed by atoms with E-state index in [4.69, 9.17) is 21.6 Å². The van der Waals surface area contributed by atoms with Crippen LogP contribution in [0.4, 0.5) is 11.1 Å². The van der Waals surface area contributed by atoms with Crippen molar-refractivity contribution in [3.63, 3.8) is 0 Å². The van der Waals surface area contributed by atoms with Crippen molar-refractivity contribution in [3.8, 4) is 21.8 Å². The summed E-state index contributed by atoms with van der Waals surface area (Å²) in [5, 5.41) is 11.7. The van der Waals surface area contributed by atoms with E-state index in [1.807, 2.05) is 36.5 Å². The quantitative estimate of drug-likeness (QED) is 0.528. The lowest BCUT2D eigenvalue weighted by Gasteiger charge is -2.14. The van der Waals surface area contributed by atoms with Gasteiger partial charge in [-0.15, -0.1) is 0 Å². The molecular weight excluding hydrogens is 392 g/mol. The average Bonchev–Trinajstić information content (AvgIpc) is 3.38. The Kier molecular flexibility index (Phi) is 6.04. The Morgan fingerprint density at radius 2 is 2.11 bits per heavy atom. The van der Waals surface area contributed by atoms with Gasteiger partial charge in [0.1, 0.15) is 0 Å². The number of nitrogens with one attached hydrogen (secondary N) is 3. The van der Waals surface area contributed by atoms with Gasteiger partial charge >= 0.3 is 0 Å². The minimum Gasteiger partial charge on any atom is -0.362 e. The number of halogens is 1. The Labute approximate surface area is 173 Å². The largest absolute Gasteiger partial charge is 0.362 e. The van der Waals surface area contributed by atoms with Crippen LogP contribution in [0.3, 0.4) is 0 Å². The van der Waals surface area contributed by atoms with Crippen LogP contribution in [0.25, 0.3) is 21.8 Å². The molecule has 1 aliphatic heterocycles. The van der Waals surface area contributed by atoms with Gasteiger partial charge in [-0.1, -0.05) is 48.1 Å². The molecule has 0 radical (unpaired) electrons. The van der Waals surface area contributed by atoms with Gasteiger partial charge in [-0.25, -0.2) is 15.0 Å². The van der Waals surface area contributed by atoms with Crippen molar-refractivity contribution in [3.05, 3.63) is 41.6 Å². The molecule has 1 aliphatic rings. The Balaban J connectivity index is 1.71. The molecule has 8 heteroatoms. The maximum Gasteiger partial charge on any atom is 0.224 e. The van der Waals surface area contributed by atoms with Crippen LogP contribution in [0.2, 0.25) is 5.02 Å². The lowest BCUT2D eigenvalue weighted by molar-refractivity contribution is 0.781. The van der Waals surface area contributed by atoms with Crippen molar-refractivity contribution in [2.45, 2.75) is 25.8 Å². The fourth-order valence-corrected chi connectivity index (χ4v) is 4.15. The zero-order chi connectivity index (χ0) is 19.3. The lowest BCUT2D eigenvalue weighted by atomic mass is 10.1. The van der Waals surface area contributed by atoms with Crippen molar-refractivity contribution in [2.75, 3.05) is 30.3 Å². The summed E-state index contributed by atoms with van der Waals surface area (Å²) < 4.78 is 0. The Morgan fingerprint density at radius 1 is 1.25 bits per heavy atom. The van der Waals surface area contributed by atoms with E-state index in [2.05, 4.69) is 27.9 Å². The molecule has 1 fully saturated rings. The molecule has 0 unspecified atom stereocenters. The monoisotopic (exact) mass is 414 g/mol. The van der Waals surface area contributed by atoms with Gasteiger partial charge in [-0.3, -0.25) is 0 Å². The second-order valence-corrected chi connectivity index (χ2v) is 8.17. The third kappa shape index (κ3) is 4.43. The number of benzene rings is 1. The summed E-state index contributed by atoms with van der Waals surface area (Å²) in [5.41, 5.74) is 2.55. The third-order valence-electron chi connectivity index (χ3n) is 4.55. The summed E-state index contributed by atoms with van der Waals surface area (Å²) in [6.07, 6.45) is 3.98. The third-order valence-corrected chi connectivity index (χ3v) is 5.86. The first-order chi connectivity index (χ1) is 13.7. The summed E-state index contributed by atoms with van der Waals surface area (Å²) >= 11 is 8.03. The van der Waals surface area contributed by atoms with Gasteiger partial charge in [-0.2, -0.15) is 0 Å². The first-order valence-electron chi connectivity index (χ1n) is 9.54. The molecule has 3 N–H and O–H groups in total. The van der Waals surface area contributed by atoms with Crippen LogP contribution in [-0.4, -0.2) is 40.6 Å². The molecule has 0 aliphatic carbocycles. The van der Waals surface area contributed by atoms with Gasteiger partial charge in [0, 0.05) is 35.9 Å². The molecule has 146 valence electrons. The van der Waals surface area contributed by atoms with Gasteiger partial charge < -0.3 is 16.0 Å². The second kappa shape index (κ2) is 8.86. The maximum absolute atomic E-state index is 6.43. The number of rotatable bonds is 7. The van der Waals surface area contributed by atoms with Crippen molar-refractivity contribution in [1.82, 2.24) is 20.3 Å². The fraction of sp³-hybridized carbons (Fsp3) is 0.350. The maximum atomic E-state index is 6.43. The van der Waals surface area contributed by atoms with E-state index in [1.165, 1.54) is 0 Å². The predicted molar refractivity (Wildman–Crippen MR) is 117 cm³/mol. The Bertz CT molecular complexity index is 938. The molecule has 4 rings (SSSR count). The van der Waals surface area contributed by atoms with Crippen LogP contribution in [0.15, 0.2) is 36.5 Å². The normalized spacial score (nSPS) is 16.3. The summed E-state index contributed by atoms with van der Waals surface area (Å²) in [5.74, 6) is 0.623. The van der Waals surface area contributed by atoms with Gasteiger partial charge in [0.2, 0.25) is 5.95 Å². The van der Waals surface area contributed by atoms with E-state index < -0.39 is 0 Å². The summed E-state index contributed by atoms with van der Waals surface area (Å²) in [7, 11) is 0. The smallest absolute Gasteiger partial charge is 0.224 e. The first kappa shape index (κ1) is 19.1. The molecule has 2 aromatic heterocycles. The number of thiazole rings is 1. The zero-order valence-corrected chi connectivity index (χ0v) is 17.3. The highest BCUT2D eigenvalue weighted by molar-refractivity contribution is 7.18. The molecule has 6 nitrogen and oxygen atoms in total. The van der Waals surface area contributed by atoms with Crippen LogP contribution in [0, 0.1) is 0 Å². The molecule has 3 heterocycles. The van der Waals surface area contributed by atoms with Gasteiger partial charge in [-0.05, 0) is 31.5 Å². The molecule has 28 heavy (non-hydrogen) atoms. The van der Waals surface area contributed by atoms with Crippen molar-refractivity contribution in [2.24, 2.45) is 0 Å². The minimum absolute atomic E-state index is 0.331. The molecule has 0 amide bonds. The molecule has 0 bridgehead atoms. The molecule has 1 saturated heterocycles. The number of hydrogen-bond donors (Lipinski definition) is 3. The van der Waals surface area contributed by atoms with E-state index in [0.717, 1.165) is 59.4 Å². The highest BCUT2D eigenvalue weighted by atomic mass is 35.5. The van der Waals surface area contributed by atoms with Crippen LogP contribution < -0.4 is 16.0 Å². The van der Waals surface area contributed by atoms with Crippen LogP contribution in [0.1, 0.15) is 19.8 Å². The van der Waals surface area contributed by atoms with E-state index >= 15 is 0 Å². The van der Waals surface area contributed by atoms with Crippen LogP contribution in [0.5, 0.6) is 0 Å². The first-order valence-corrected chi connectivity index (χ1v) is 10.7. The van der Waals surface area contributed by atoms with Crippen molar-refractivity contribution in [1.29, 1.82) is 0 Å². The van der Waals surface area contributed by atoms with Gasteiger partial charge in [0.15, 0.2) is 5.13 Å². The summed E-state index contributed by atoms with van der Waals surface area (Å²) in [4.78, 5) is 15.0. The number of aromatic nitrogens is 3. The second-order valence-electron chi connectivity index (χ2n) is 6.73. The molecule has 1 atom stereocenters. The number of anilines is 2. The van der Waals surface area contributed by atoms with E-state index in [9.17, 15) is 0 Å². The topological polar surface area (TPSA) is 74.8 Å². The Morgan fingerprint density at radius 3 is 2.89 bits per heavy atom. The van der Waals surface area contributed by atoms with E-state index in [1.54, 1.807) is 11.3 Å². The molecule has 0 spiro atoms. The zero-order valence-electron chi connectivity index (χ0n) is 15.7. The standard InChI is InChI=1S/C20H23ClN6S/c1-2-8-23-20-24-12-18(28-20)17-10-16(14-5-3-4-6-15(14)21)26-19(27-17)25-13-7-9-22-11-13/h3-6,10,12-13,22H,2,7-9,11H2,1H3,(H,23,24)(H,25,26,27)/t13-/m1/s1. The molecular formula is C20H23ClN6S. The molecule has 1 aromatic carbocycles. The lowest BCUT2D eigenvalue weighted by Crippen LogP contribution is -2.23. The minimum atomic E-state index is 0.331. The summed E-state index contributed by atoms with van der Waals surface area (Å²) in [6.45, 7) is 4.97. The van der Waals surface area contributed by atoms with Crippen LogP contribution >= 0.6 is 22.9 Å². The summed E-state index contributed by atoms with van der Waals surface area (Å²) in [6, 6.07) is 10.1. The van der Waals surface area contributed by atoms with Crippen molar-refractivity contribution < 1.29 is 0 Å². The number of hydrogen-bond acceptors (Lipinski definition) is 7. The van der Waals surface area contributed by atoms with E-state index in [-0.39, 0.29) is 0 Å². The molecule has 3 aromatic rings. The van der Waals surface area contributed by atoms with Crippen molar-refractivity contribution >= 4 is 34.0 Å². The predicted octanol–water partition coefficient (Wildman–Crippen LogP) is 4.52. The van der Waals surface area contributed by atoms with Gasteiger partial charge in [0.05, 0.1) is 16.3 Å². The SMILES string of the molecule is CCCNc1ncc(-c2cc(-c3ccccc3Cl)nc(N[C@@H]3CCNC3)n2)s1. The average molecular weight is 415 g/mol. The number of nitrogens with zero attached hydrogens (tertiary/aromatic N) is 3. The molecule has 0 saturated carbocycles. The highest BCUT2D eigenvalue weighted by Crippen LogP contribution is 2.33. The van der Waals surface area contributed by atoms with Crippen LogP contribution in [-0.2, 0) is 0 Å². The van der Waals surface area contributed by atoms with E-state index in [0.29, 0.717) is 17.0 Å². The Hall–Kier alpha value is -2.22. The van der Waals surface area contributed by atoms with Gasteiger partial charge in [0.25, 0.3) is 0 Å². The fourth-order valence-electron chi connectivity index (χ4n) is 3.11.